The molecule has 8 nitrogen and oxygen atoms in total. The molecule has 1 fully saturated rings. The number of esters is 1. The molecule has 0 aliphatic carbocycles. The van der Waals surface area contributed by atoms with Crippen LogP contribution in [0.1, 0.15) is 26.7 Å². The third-order valence-electron chi connectivity index (χ3n) is 3.44. The number of carboxylic acids is 1. The zero-order valence-corrected chi connectivity index (χ0v) is 12.3. The molecule has 1 aliphatic rings. The largest absolute Gasteiger partial charge is 0.481 e. The molecule has 0 bridgehead atoms. The van der Waals surface area contributed by atoms with Crippen LogP contribution in [-0.4, -0.2) is 54.1 Å². The standard InChI is InChI=1S/C13H20N2O6/c1-13(2,11(18)19)6-9(16)14-12(20)15-5-4-8(7-15)10(17)21-3/h8H,4-7H2,1-3H3,(H,18,19)(H,14,16,20). The van der Waals surface area contributed by atoms with Crippen molar-refractivity contribution in [1.82, 2.24) is 10.2 Å². The highest BCUT2D eigenvalue weighted by molar-refractivity contribution is 5.96. The number of methoxy groups -OCH3 is 1. The Morgan fingerprint density at radius 2 is 1.95 bits per heavy atom. The maximum atomic E-state index is 11.9. The first-order valence-corrected chi connectivity index (χ1v) is 6.57. The predicted molar refractivity (Wildman–Crippen MR) is 71.3 cm³/mol. The van der Waals surface area contributed by atoms with Crippen LogP contribution in [0.2, 0.25) is 0 Å². The number of carbonyl (C=O) groups is 4. The van der Waals surface area contributed by atoms with Gasteiger partial charge in [-0.05, 0) is 20.3 Å². The van der Waals surface area contributed by atoms with Crippen LogP contribution in [0, 0.1) is 11.3 Å². The first kappa shape index (κ1) is 16.9. The quantitative estimate of drug-likeness (QED) is 0.718. The molecule has 1 aliphatic heterocycles. The lowest BCUT2D eigenvalue weighted by atomic mass is 9.89. The number of urea groups is 1. The van der Waals surface area contributed by atoms with Crippen molar-refractivity contribution in [2.45, 2.75) is 26.7 Å². The molecule has 2 N–H and O–H groups in total. The molecule has 1 atom stereocenters. The highest BCUT2D eigenvalue weighted by Crippen LogP contribution is 2.21. The van der Waals surface area contributed by atoms with Crippen molar-refractivity contribution in [3.63, 3.8) is 0 Å². The van der Waals surface area contributed by atoms with E-state index in [0.717, 1.165) is 0 Å². The first-order valence-electron chi connectivity index (χ1n) is 6.57. The monoisotopic (exact) mass is 300 g/mol. The number of hydrogen-bond acceptors (Lipinski definition) is 5. The maximum Gasteiger partial charge on any atom is 0.324 e. The Morgan fingerprint density at radius 1 is 1.33 bits per heavy atom. The van der Waals surface area contributed by atoms with Crippen LogP contribution in [0.3, 0.4) is 0 Å². The number of nitrogens with one attached hydrogen (secondary N) is 1. The Kier molecular flexibility index (Phi) is 5.28. The van der Waals surface area contributed by atoms with Crippen LogP contribution in [0.15, 0.2) is 0 Å². The van der Waals surface area contributed by atoms with E-state index in [-0.39, 0.29) is 24.9 Å². The molecule has 0 aromatic rings. The second-order valence-corrected chi connectivity index (χ2v) is 5.67. The van der Waals surface area contributed by atoms with Crippen molar-refractivity contribution < 1.29 is 29.0 Å². The smallest absolute Gasteiger partial charge is 0.324 e. The fourth-order valence-electron chi connectivity index (χ4n) is 2.02. The summed E-state index contributed by atoms with van der Waals surface area (Å²) in [6, 6.07) is -0.618. The van der Waals surface area contributed by atoms with E-state index in [4.69, 9.17) is 5.11 Å². The summed E-state index contributed by atoms with van der Waals surface area (Å²) >= 11 is 0. The molecule has 0 spiro atoms. The Bertz CT molecular complexity index is 460. The van der Waals surface area contributed by atoms with Crippen LogP contribution in [-0.2, 0) is 19.1 Å². The van der Waals surface area contributed by atoms with Gasteiger partial charge in [-0.15, -0.1) is 0 Å². The molecule has 1 saturated heterocycles. The van der Waals surface area contributed by atoms with Crippen LogP contribution < -0.4 is 5.32 Å². The van der Waals surface area contributed by atoms with Crippen molar-refractivity contribution in [2.24, 2.45) is 11.3 Å². The third-order valence-corrected chi connectivity index (χ3v) is 3.44. The molecule has 0 aromatic heterocycles. The topological polar surface area (TPSA) is 113 Å². The molecule has 3 amide bonds. The summed E-state index contributed by atoms with van der Waals surface area (Å²) in [5.74, 6) is -2.54. The molecular weight excluding hydrogens is 280 g/mol. The molecular formula is C13H20N2O6. The summed E-state index contributed by atoms with van der Waals surface area (Å²) in [5.41, 5.74) is -1.25. The second-order valence-electron chi connectivity index (χ2n) is 5.67. The van der Waals surface area contributed by atoms with Gasteiger partial charge in [0, 0.05) is 19.5 Å². The van der Waals surface area contributed by atoms with Crippen LogP contribution in [0.25, 0.3) is 0 Å². The van der Waals surface area contributed by atoms with Crippen molar-refractivity contribution in [1.29, 1.82) is 0 Å². The Balaban J connectivity index is 2.49. The number of rotatable bonds is 4. The SMILES string of the molecule is COC(=O)C1CCN(C(=O)NC(=O)CC(C)(C)C(=O)O)C1. The zero-order chi connectivity index (χ0) is 16.2. The summed E-state index contributed by atoms with van der Waals surface area (Å²) in [6.45, 7) is 3.35. The molecule has 0 radical (unpaired) electrons. The Labute approximate surface area is 122 Å². The summed E-state index contributed by atoms with van der Waals surface area (Å²) in [7, 11) is 1.28. The van der Waals surface area contributed by atoms with Gasteiger partial charge < -0.3 is 14.7 Å². The number of carboxylic acid groups (broad SMARTS) is 1. The van der Waals surface area contributed by atoms with E-state index >= 15 is 0 Å². The van der Waals surface area contributed by atoms with Gasteiger partial charge >= 0.3 is 18.0 Å². The molecule has 1 rings (SSSR count). The van der Waals surface area contributed by atoms with Gasteiger partial charge in [0.15, 0.2) is 0 Å². The molecule has 8 heteroatoms. The molecule has 0 aromatic carbocycles. The number of ether oxygens (including phenoxy) is 1. The fourth-order valence-corrected chi connectivity index (χ4v) is 2.02. The fraction of sp³-hybridized carbons (Fsp3) is 0.692. The van der Waals surface area contributed by atoms with Gasteiger partial charge in [0.2, 0.25) is 5.91 Å². The Morgan fingerprint density at radius 3 is 2.48 bits per heavy atom. The number of carbonyl (C=O) groups excluding carboxylic acids is 3. The lowest BCUT2D eigenvalue weighted by Crippen LogP contribution is -2.44. The molecule has 1 unspecified atom stereocenters. The summed E-state index contributed by atoms with van der Waals surface area (Å²) in [6.07, 6.45) is 0.178. The van der Waals surface area contributed by atoms with Gasteiger partial charge in [0.05, 0.1) is 18.4 Å². The number of nitrogens with zero attached hydrogens (tertiary/aromatic N) is 1. The lowest BCUT2D eigenvalue weighted by molar-refractivity contribution is -0.149. The van der Waals surface area contributed by atoms with Crippen molar-refractivity contribution in [2.75, 3.05) is 20.2 Å². The molecule has 1 heterocycles. The van der Waals surface area contributed by atoms with E-state index < -0.39 is 23.3 Å². The summed E-state index contributed by atoms with van der Waals surface area (Å²) < 4.78 is 4.61. The maximum absolute atomic E-state index is 11.9. The third kappa shape index (κ3) is 4.44. The molecule has 118 valence electrons. The highest BCUT2D eigenvalue weighted by atomic mass is 16.5. The Hall–Kier alpha value is -2.12. The minimum atomic E-state index is -1.25. The number of imide groups is 1. The lowest BCUT2D eigenvalue weighted by Gasteiger charge is -2.20. The van der Waals surface area contributed by atoms with Gasteiger partial charge in [-0.3, -0.25) is 19.7 Å². The average Bonchev–Trinajstić information content (AvgIpc) is 2.86. The van der Waals surface area contributed by atoms with E-state index in [2.05, 4.69) is 10.1 Å². The minimum absolute atomic E-state index is 0.189. The normalized spacial score (nSPS) is 18.2. The number of aliphatic carboxylic acids is 1. The number of hydrogen-bond donors (Lipinski definition) is 2. The summed E-state index contributed by atoms with van der Waals surface area (Å²) in [4.78, 5) is 47.2. The second kappa shape index (κ2) is 6.55. The van der Waals surface area contributed by atoms with E-state index in [1.54, 1.807) is 0 Å². The van der Waals surface area contributed by atoms with Crippen molar-refractivity contribution in [3.8, 4) is 0 Å². The molecule has 0 saturated carbocycles. The minimum Gasteiger partial charge on any atom is -0.481 e. The van der Waals surface area contributed by atoms with Gasteiger partial charge in [-0.2, -0.15) is 0 Å². The first-order chi connectivity index (χ1) is 9.67. The van der Waals surface area contributed by atoms with Gasteiger partial charge in [0.1, 0.15) is 0 Å². The van der Waals surface area contributed by atoms with Gasteiger partial charge in [-0.25, -0.2) is 4.79 Å². The summed E-state index contributed by atoms with van der Waals surface area (Å²) in [5, 5.41) is 11.1. The van der Waals surface area contributed by atoms with E-state index in [0.29, 0.717) is 13.0 Å². The van der Waals surface area contributed by atoms with Gasteiger partial charge in [-0.1, -0.05) is 0 Å². The van der Waals surface area contributed by atoms with E-state index in [9.17, 15) is 19.2 Å². The highest BCUT2D eigenvalue weighted by Gasteiger charge is 2.34. The number of amides is 3. The molecule has 21 heavy (non-hydrogen) atoms. The van der Waals surface area contributed by atoms with E-state index in [1.807, 2.05) is 0 Å². The van der Waals surface area contributed by atoms with Crippen molar-refractivity contribution >= 4 is 23.9 Å². The van der Waals surface area contributed by atoms with Crippen LogP contribution in [0.4, 0.5) is 4.79 Å². The predicted octanol–water partition coefficient (Wildman–Crippen LogP) is 0.218. The van der Waals surface area contributed by atoms with Gasteiger partial charge in [0.25, 0.3) is 0 Å². The van der Waals surface area contributed by atoms with Crippen molar-refractivity contribution in [3.05, 3.63) is 0 Å². The zero-order valence-electron chi connectivity index (χ0n) is 12.3. The average molecular weight is 300 g/mol. The van der Waals surface area contributed by atoms with Crippen LogP contribution >= 0.6 is 0 Å². The van der Waals surface area contributed by atoms with E-state index in [1.165, 1.54) is 25.9 Å². The number of likely N-dealkylation sites (tertiary alicyclic amines) is 1. The van der Waals surface area contributed by atoms with Crippen LogP contribution in [0.5, 0.6) is 0 Å².